The predicted molar refractivity (Wildman–Crippen MR) is 34.3 cm³/mol. The molecule has 0 unspecified atom stereocenters. The molecule has 0 saturated heterocycles. The fraction of sp³-hybridized carbons (Fsp3) is 0. The molecular formula is C6H6FN3. The van der Waals surface area contributed by atoms with Gasteiger partial charge in [0.25, 0.3) is 0 Å². The number of hydrogen-bond acceptors (Lipinski definition) is 3. The smallest absolute Gasteiger partial charge is 0.146 e. The lowest BCUT2D eigenvalue weighted by molar-refractivity contribution is 0.632. The van der Waals surface area contributed by atoms with E-state index in [1.54, 1.807) is 12.1 Å². The third kappa shape index (κ3) is 2.09. The van der Waals surface area contributed by atoms with E-state index in [4.69, 9.17) is 16.5 Å². The van der Waals surface area contributed by atoms with Gasteiger partial charge in [-0.1, -0.05) is 12.1 Å². The molecule has 0 aliphatic rings. The maximum Gasteiger partial charge on any atom is 0.146 e. The van der Waals surface area contributed by atoms with Crippen LogP contribution in [-0.4, -0.2) is 0 Å². The summed E-state index contributed by atoms with van der Waals surface area (Å²) in [5.74, 6) is -0.354. The highest BCUT2D eigenvalue weighted by molar-refractivity contribution is 5.38. The third-order valence-corrected chi connectivity index (χ3v) is 0.905. The normalized spacial score (nSPS) is 7.50. The van der Waals surface area contributed by atoms with Gasteiger partial charge in [-0.3, -0.25) is 0 Å². The maximum absolute atomic E-state index is 12.2. The summed E-state index contributed by atoms with van der Waals surface area (Å²) in [6.45, 7) is 0. The van der Waals surface area contributed by atoms with Gasteiger partial charge in [-0.2, -0.15) is 0 Å². The minimum atomic E-state index is -0.354. The SMILES string of the molecule is N#N.Nc1ccccc1F. The molecule has 0 aliphatic heterocycles. The number of benzene rings is 1. The van der Waals surface area contributed by atoms with Gasteiger partial charge in [0.1, 0.15) is 5.82 Å². The van der Waals surface area contributed by atoms with Crippen LogP contribution in [0.4, 0.5) is 10.1 Å². The standard InChI is InChI=1S/C6H6FN.N2/c7-5-3-1-2-4-6(5)8;1-2/h1-4H,8H2;. The van der Waals surface area contributed by atoms with Gasteiger partial charge in [0.15, 0.2) is 0 Å². The Hall–Kier alpha value is -1.63. The molecule has 0 bridgehead atoms. The summed E-state index contributed by atoms with van der Waals surface area (Å²) in [4.78, 5) is 0. The van der Waals surface area contributed by atoms with Crippen molar-refractivity contribution in [2.75, 3.05) is 5.73 Å². The van der Waals surface area contributed by atoms with Gasteiger partial charge in [0.05, 0.1) is 5.69 Å². The highest BCUT2D eigenvalue weighted by Gasteiger charge is 1.89. The van der Waals surface area contributed by atoms with Gasteiger partial charge in [0.2, 0.25) is 0 Å². The second-order valence-corrected chi connectivity index (χ2v) is 1.52. The molecule has 0 aliphatic carbocycles. The molecule has 4 heteroatoms. The van der Waals surface area contributed by atoms with Crippen LogP contribution < -0.4 is 5.73 Å². The fourth-order valence-electron chi connectivity index (χ4n) is 0.475. The van der Waals surface area contributed by atoms with Gasteiger partial charge >= 0.3 is 0 Å². The molecule has 0 atom stereocenters. The molecule has 1 rings (SSSR count). The summed E-state index contributed by atoms with van der Waals surface area (Å²) < 4.78 is 12.2. The molecule has 52 valence electrons. The van der Waals surface area contributed by atoms with Crippen molar-refractivity contribution >= 4 is 5.69 Å². The molecule has 1 aromatic carbocycles. The first-order valence-electron chi connectivity index (χ1n) is 2.51. The predicted octanol–water partition coefficient (Wildman–Crippen LogP) is 1.44. The molecule has 2 N–H and O–H groups in total. The number of anilines is 1. The van der Waals surface area contributed by atoms with Crippen LogP contribution in [0.3, 0.4) is 0 Å². The monoisotopic (exact) mass is 139 g/mol. The third-order valence-electron chi connectivity index (χ3n) is 0.905. The Morgan fingerprint density at radius 3 is 2.00 bits per heavy atom. The fourth-order valence-corrected chi connectivity index (χ4v) is 0.475. The van der Waals surface area contributed by atoms with Crippen LogP contribution in [0.15, 0.2) is 24.3 Å². The van der Waals surface area contributed by atoms with E-state index in [1.807, 2.05) is 0 Å². The molecule has 0 spiro atoms. The van der Waals surface area contributed by atoms with Crippen LogP contribution in [0.1, 0.15) is 0 Å². The van der Waals surface area contributed by atoms with Gasteiger partial charge < -0.3 is 5.73 Å². The number of nitrogens with zero attached hydrogens (tertiary/aromatic N) is 2. The van der Waals surface area contributed by atoms with Crippen molar-refractivity contribution in [3.05, 3.63) is 30.1 Å². The lowest BCUT2D eigenvalue weighted by atomic mass is 10.3. The van der Waals surface area contributed by atoms with Crippen molar-refractivity contribution in [2.24, 2.45) is 0 Å². The summed E-state index contributed by atoms with van der Waals surface area (Å²) in [6.07, 6.45) is 0. The van der Waals surface area contributed by atoms with Crippen molar-refractivity contribution in [1.82, 2.24) is 0 Å². The van der Waals surface area contributed by atoms with Gasteiger partial charge in [0, 0.05) is 10.8 Å². The summed E-state index contributed by atoms with van der Waals surface area (Å²) in [6, 6.07) is 6.15. The van der Waals surface area contributed by atoms with E-state index in [0.29, 0.717) is 0 Å². The van der Waals surface area contributed by atoms with Crippen molar-refractivity contribution in [1.29, 1.82) is 10.8 Å². The molecule has 1 aromatic rings. The summed E-state index contributed by atoms with van der Waals surface area (Å²) in [5.41, 5.74) is 5.35. The van der Waals surface area contributed by atoms with E-state index in [0.717, 1.165) is 0 Å². The molecule has 0 radical (unpaired) electrons. The Kier molecular flexibility index (Phi) is 3.57. The van der Waals surface area contributed by atoms with Crippen molar-refractivity contribution in [3.63, 3.8) is 0 Å². The highest BCUT2D eigenvalue weighted by atomic mass is 19.1. The number of rotatable bonds is 0. The Morgan fingerprint density at radius 1 is 1.20 bits per heavy atom. The number of nitrogens with two attached hydrogens (primary N) is 1. The largest absolute Gasteiger partial charge is 0.396 e. The number of nitrogen functional groups attached to an aromatic ring is 1. The zero-order valence-electron chi connectivity index (χ0n) is 5.16. The van der Waals surface area contributed by atoms with Crippen LogP contribution in [0.25, 0.3) is 0 Å². The number of para-hydroxylation sites is 1. The van der Waals surface area contributed by atoms with Crippen LogP contribution in [0, 0.1) is 16.6 Å². The molecule has 0 aromatic heterocycles. The van der Waals surface area contributed by atoms with Gasteiger partial charge in [-0.25, -0.2) is 4.39 Å². The Labute approximate surface area is 57.7 Å². The molecule has 0 amide bonds. The van der Waals surface area contributed by atoms with Crippen molar-refractivity contribution in [3.8, 4) is 0 Å². The Balaban J connectivity index is 0.000000371. The van der Waals surface area contributed by atoms with Crippen LogP contribution >= 0.6 is 0 Å². The molecule has 0 heterocycles. The topological polar surface area (TPSA) is 73.6 Å². The maximum atomic E-state index is 12.2. The quantitative estimate of drug-likeness (QED) is 0.436. The number of hydrogen-bond donors (Lipinski definition) is 1. The first-order valence-corrected chi connectivity index (χ1v) is 2.51. The molecule has 0 fully saturated rings. The van der Waals surface area contributed by atoms with E-state index in [1.165, 1.54) is 12.1 Å². The van der Waals surface area contributed by atoms with Crippen molar-refractivity contribution < 1.29 is 4.39 Å². The minimum absolute atomic E-state index is 0.201. The second-order valence-electron chi connectivity index (χ2n) is 1.52. The van der Waals surface area contributed by atoms with E-state index in [2.05, 4.69) is 0 Å². The Morgan fingerprint density at radius 2 is 1.70 bits per heavy atom. The number of halogens is 1. The minimum Gasteiger partial charge on any atom is -0.396 e. The van der Waals surface area contributed by atoms with Gasteiger partial charge in [-0.15, -0.1) is 0 Å². The summed E-state index contributed by atoms with van der Waals surface area (Å²) in [7, 11) is 0. The van der Waals surface area contributed by atoms with Gasteiger partial charge in [-0.05, 0) is 12.1 Å². The van der Waals surface area contributed by atoms with E-state index in [-0.39, 0.29) is 11.5 Å². The average molecular weight is 139 g/mol. The lowest BCUT2D eigenvalue weighted by Crippen LogP contribution is -1.86. The summed E-state index contributed by atoms with van der Waals surface area (Å²) in [5, 5.41) is 12.0. The average Bonchev–Trinajstić information content (AvgIpc) is 2.00. The zero-order chi connectivity index (χ0) is 7.98. The molecule has 3 nitrogen and oxygen atoms in total. The first-order chi connectivity index (χ1) is 4.80. The Bertz CT molecular complexity index is 200. The molecule has 0 saturated carbocycles. The van der Waals surface area contributed by atoms with Crippen LogP contribution in [0.2, 0.25) is 0 Å². The highest BCUT2D eigenvalue weighted by Crippen LogP contribution is 2.05. The van der Waals surface area contributed by atoms with Crippen LogP contribution in [-0.2, 0) is 0 Å². The second kappa shape index (κ2) is 4.27. The van der Waals surface area contributed by atoms with Crippen LogP contribution in [0.5, 0.6) is 0 Å². The first kappa shape index (κ1) is 8.37. The molecular weight excluding hydrogens is 133 g/mol. The van der Waals surface area contributed by atoms with E-state index < -0.39 is 0 Å². The summed E-state index contributed by atoms with van der Waals surface area (Å²) >= 11 is 0. The van der Waals surface area contributed by atoms with E-state index in [9.17, 15) is 4.39 Å². The molecule has 10 heavy (non-hydrogen) atoms. The van der Waals surface area contributed by atoms with E-state index >= 15 is 0 Å². The van der Waals surface area contributed by atoms with Crippen molar-refractivity contribution in [2.45, 2.75) is 0 Å². The lowest BCUT2D eigenvalue weighted by Gasteiger charge is -1.89. The zero-order valence-corrected chi connectivity index (χ0v) is 5.16.